The number of allylic oxidation sites excluding steroid dienone is 12. The van der Waals surface area contributed by atoms with Gasteiger partial charge in [0.15, 0.2) is 0 Å². The van der Waals surface area contributed by atoms with Gasteiger partial charge in [-0.3, -0.25) is 0 Å². The van der Waals surface area contributed by atoms with Crippen molar-refractivity contribution >= 4 is 0 Å². The van der Waals surface area contributed by atoms with Crippen molar-refractivity contribution in [2.75, 3.05) is 0 Å². The molecule has 0 aromatic rings. The van der Waals surface area contributed by atoms with Crippen LogP contribution in [0.25, 0.3) is 0 Å². The normalized spacial score (nSPS) is 26.8. The lowest BCUT2D eigenvalue weighted by Crippen LogP contribution is -1.81. The molecule has 1 aliphatic carbocycles. The fraction of sp³-hybridized carbons (Fsp3) is 0.478. The molecule has 23 heavy (non-hydrogen) atoms. The van der Waals surface area contributed by atoms with E-state index in [1.54, 1.807) is 0 Å². The van der Waals surface area contributed by atoms with Gasteiger partial charge in [0.1, 0.15) is 0 Å². The van der Waals surface area contributed by atoms with E-state index in [1.807, 2.05) is 0 Å². The number of hydrogen-bond donors (Lipinski definition) is 0. The van der Waals surface area contributed by atoms with E-state index < -0.39 is 0 Å². The summed E-state index contributed by atoms with van der Waals surface area (Å²) in [6, 6.07) is 0. The third-order valence-electron chi connectivity index (χ3n) is 4.01. The van der Waals surface area contributed by atoms with Crippen LogP contribution in [-0.4, -0.2) is 0 Å². The minimum atomic E-state index is 1.21. The fourth-order valence-corrected chi connectivity index (χ4v) is 2.62. The monoisotopic (exact) mass is 310 g/mol. The summed E-state index contributed by atoms with van der Waals surface area (Å²) >= 11 is 0. The van der Waals surface area contributed by atoms with Crippen molar-refractivity contribution in [3.63, 3.8) is 0 Å². The molecule has 1 rings (SSSR count). The lowest BCUT2D eigenvalue weighted by atomic mass is 10.1. The Morgan fingerprint density at radius 2 is 0.522 bits per heavy atom. The summed E-state index contributed by atoms with van der Waals surface area (Å²) in [7, 11) is 0. The third kappa shape index (κ3) is 15.1. The summed E-state index contributed by atoms with van der Waals surface area (Å²) in [4.78, 5) is 0. The molecule has 1 aliphatic rings. The minimum absolute atomic E-state index is 1.21. The second-order valence-electron chi connectivity index (χ2n) is 6.16. The zero-order chi connectivity index (χ0) is 16.3. The molecule has 0 spiro atoms. The Kier molecular flexibility index (Phi) is 14.2. The van der Waals surface area contributed by atoms with Crippen molar-refractivity contribution < 1.29 is 0 Å². The highest BCUT2D eigenvalue weighted by molar-refractivity contribution is 5.19. The van der Waals surface area contributed by atoms with Crippen LogP contribution in [0.3, 0.4) is 0 Å². The summed E-state index contributed by atoms with van der Waals surface area (Å²) in [5.41, 5.74) is 0. The standard InChI is InChI=1S/C23H34/c1-2-4-6-8-10-12-14-16-18-20-22-23-21-19-17-15-13-11-9-7-5-3-1/h1-12H,13-23H2/b3-1-,4-2-,7-5-,8-6-,11-9-,12-10?. The van der Waals surface area contributed by atoms with Crippen LogP contribution in [0.4, 0.5) is 0 Å². The van der Waals surface area contributed by atoms with Gasteiger partial charge >= 0.3 is 0 Å². The van der Waals surface area contributed by atoms with Gasteiger partial charge < -0.3 is 0 Å². The molecule has 0 aromatic heterocycles. The third-order valence-corrected chi connectivity index (χ3v) is 4.01. The van der Waals surface area contributed by atoms with E-state index in [4.69, 9.17) is 0 Å². The summed E-state index contributed by atoms with van der Waals surface area (Å²) in [6.07, 6.45) is 40.5. The van der Waals surface area contributed by atoms with E-state index in [0.29, 0.717) is 0 Å². The Morgan fingerprint density at radius 3 is 0.870 bits per heavy atom. The van der Waals surface area contributed by atoms with Gasteiger partial charge in [0.05, 0.1) is 0 Å². The van der Waals surface area contributed by atoms with Crippen molar-refractivity contribution in [2.45, 2.75) is 70.6 Å². The van der Waals surface area contributed by atoms with Crippen LogP contribution in [0.2, 0.25) is 0 Å². The molecular formula is C23H34. The summed E-state index contributed by atoms with van der Waals surface area (Å²) in [6.45, 7) is 0. The molecule has 0 heteroatoms. The van der Waals surface area contributed by atoms with E-state index in [1.165, 1.54) is 70.6 Å². The molecule has 0 saturated carbocycles. The van der Waals surface area contributed by atoms with Crippen molar-refractivity contribution in [1.82, 2.24) is 0 Å². The Labute approximate surface area is 144 Å². The zero-order valence-corrected chi connectivity index (χ0v) is 14.7. The molecule has 0 aliphatic heterocycles. The second-order valence-corrected chi connectivity index (χ2v) is 6.16. The average Bonchev–Trinajstić information content (AvgIpc) is 2.56. The SMILES string of the molecule is C1=CCCCCCCCCCCC\C=C/C=C\C=C/C=C\C=C/1. The van der Waals surface area contributed by atoms with E-state index >= 15 is 0 Å². The number of rotatable bonds is 0. The van der Waals surface area contributed by atoms with Crippen LogP contribution in [0.1, 0.15) is 70.6 Å². The molecule has 0 saturated heterocycles. The first kappa shape index (κ1) is 19.5. The lowest BCUT2D eigenvalue weighted by molar-refractivity contribution is 0.561. The van der Waals surface area contributed by atoms with Crippen LogP contribution in [-0.2, 0) is 0 Å². The fourth-order valence-electron chi connectivity index (χ4n) is 2.62. The first-order valence-electron chi connectivity index (χ1n) is 9.48. The molecule has 0 fully saturated rings. The minimum Gasteiger partial charge on any atom is -0.0845 e. The second kappa shape index (κ2) is 16.8. The van der Waals surface area contributed by atoms with E-state index in [-0.39, 0.29) is 0 Å². The molecule has 0 atom stereocenters. The molecule has 0 nitrogen and oxygen atoms in total. The highest BCUT2D eigenvalue weighted by Crippen LogP contribution is 2.11. The number of hydrogen-bond acceptors (Lipinski definition) is 0. The Balaban J connectivity index is 2.32. The Bertz CT molecular complexity index is 375. The maximum atomic E-state index is 2.28. The summed E-state index contributed by atoms with van der Waals surface area (Å²) in [5.74, 6) is 0. The van der Waals surface area contributed by atoms with E-state index in [0.717, 1.165) is 0 Å². The first-order chi connectivity index (χ1) is 11.5. The molecule has 0 unspecified atom stereocenters. The van der Waals surface area contributed by atoms with Crippen LogP contribution >= 0.6 is 0 Å². The van der Waals surface area contributed by atoms with Gasteiger partial charge in [-0.25, -0.2) is 0 Å². The van der Waals surface area contributed by atoms with Crippen LogP contribution in [0.15, 0.2) is 72.9 Å². The van der Waals surface area contributed by atoms with Gasteiger partial charge in [0, 0.05) is 0 Å². The first-order valence-corrected chi connectivity index (χ1v) is 9.48. The van der Waals surface area contributed by atoms with E-state index in [2.05, 4.69) is 72.9 Å². The zero-order valence-electron chi connectivity index (χ0n) is 14.7. The summed E-state index contributed by atoms with van der Waals surface area (Å²) in [5, 5.41) is 0. The molecule has 0 heterocycles. The molecule has 0 amide bonds. The summed E-state index contributed by atoms with van der Waals surface area (Å²) < 4.78 is 0. The molecule has 0 N–H and O–H groups in total. The maximum Gasteiger partial charge on any atom is -0.0348 e. The predicted molar refractivity (Wildman–Crippen MR) is 106 cm³/mol. The quantitative estimate of drug-likeness (QED) is 0.431. The van der Waals surface area contributed by atoms with Crippen molar-refractivity contribution in [2.24, 2.45) is 0 Å². The lowest BCUT2D eigenvalue weighted by Gasteiger charge is -2.01. The Morgan fingerprint density at radius 1 is 0.261 bits per heavy atom. The van der Waals surface area contributed by atoms with Gasteiger partial charge in [0.25, 0.3) is 0 Å². The maximum absolute atomic E-state index is 2.28. The Hall–Kier alpha value is -1.56. The predicted octanol–water partition coefficient (Wildman–Crippen LogP) is 7.63. The highest BCUT2D eigenvalue weighted by Gasteiger charge is 1.92. The van der Waals surface area contributed by atoms with Crippen molar-refractivity contribution in [3.05, 3.63) is 72.9 Å². The van der Waals surface area contributed by atoms with Gasteiger partial charge in [-0.05, 0) is 25.7 Å². The molecule has 126 valence electrons. The van der Waals surface area contributed by atoms with Gasteiger partial charge in [0.2, 0.25) is 0 Å². The highest BCUT2D eigenvalue weighted by atomic mass is 14.0. The topological polar surface area (TPSA) is 0 Å². The van der Waals surface area contributed by atoms with E-state index in [9.17, 15) is 0 Å². The van der Waals surface area contributed by atoms with Crippen LogP contribution in [0.5, 0.6) is 0 Å². The molecule has 0 radical (unpaired) electrons. The van der Waals surface area contributed by atoms with Gasteiger partial charge in [-0.2, -0.15) is 0 Å². The van der Waals surface area contributed by atoms with Crippen molar-refractivity contribution in [3.8, 4) is 0 Å². The molecule has 0 aromatic carbocycles. The van der Waals surface area contributed by atoms with Gasteiger partial charge in [-0.15, -0.1) is 0 Å². The average molecular weight is 311 g/mol. The molecular weight excluding hydrogens is 276 g/mol. The van der Waals surface area contributed by atoms with Crippen LogP contribution in [0, 0.1) is 0 Å². The smallest absolute Gasteiger partial charge is 0.0348 e. The van der Waals surface area contributed by atoms with Gasteiger partial charge in [-0.1, -0.05) is 118 Å². The van der Waals surface area contributed by atoms with Crippen molar-refractivity contribution in [1.29, 1.82) is 0 Å². The largest absolute Gasteiger partial charge is 0.0845 e. The van der Waals surface area contributed by atoms with Crippen LogP contribution < -0.4 is 0 Å². The molecule has 0 bridgehead atoms.